The Morgan fingerprint density at radius 2 is 2.12 bits per heavy atom. The molecule has 45 valence electrons. The van der Waals surface area contributed by atoms with Crippen molar-refractivity contribution in [3.8, 4) is 0 Å². The Labute approximate surface area is 76.0 Å². The molecule has 1 radical (unpaired) electrons. The van der Waals surface area contributed by atoms with E-state index in [2.05, 4.69) is 10.3 Å². The van der Waals surface area contributed by atoms with Gasteiger partial charge in [-0.2, -0.15) is 0 Å². The molecule has 0 atom stereocenters. The van der Waals surface area contributed by atoms with Gasteiger partial charge in [0.15, 0.2) is 0 Å². The first-order valence-electron chi connectivity index (χ1n) is 2.40. The average molecular weight is 188 g/mol. The zero-order chi connectivity index (χ0) is 5.70. The van der Waals surface area contributed by atoms with Crippen LogP contribution in [0, 0.1) is 0 Å². The van der Waals surface area contributed by atoms with Gasteiger partial charge in [-0.25, -0.2) is 0 Å². The van der Waals surface area contributed by atoms with Crippen LogP contribution in [0.2, 0.25) is 0 Å². The largest absolute Gasteiger partial charge is 0.473 e. The summed E-state index contributed by atoms with van der Waals surface area (Å²) in [7, 11) is 3.51. The number of hydrogen-bond donors (Lipinski definition) is 0. The fourth-order valence-electron chi connectivity index (χ4n) is 0.416. The maximum atomic E-state index is 3.88. The first-order chi connectivity index (χ1) is 3.35. The fourth-order valence-corrected chi connectivity index (χ4v) is 0.416. The summed E-state index contributed by atoms with van der Waals surface area (Å²) in [5, 5.41) is 3.88. The van der Waals surface area contributed by atoms with E-state index in [9.17, 15) is 0 Å². The zero-order valence-corrected chi connectivity index (χ0v) is 8.52. The molecule has 0 aliphatic rings. The number of hydrogen-bond acceptors (Lipinski definition) is 1. The molecule has 0 N–H and O–H groups in total. The number of rotatable bonds is 1. The van der Waals surface area contributed by atoms with E-state index in [1.54, 1.807) is 14.1 Å². The van der Waals surface area contributed by atoms with E-state index >= 15 is 0 Å². The van der Waals surface area contributed by atoms with E-state index < -0.39 is 0 Å². The summed E-state index contributed by atoms with van der Waals surface area (Å²) >= 11 is 0. The second-order valence-electron chi connectivity index (χ2n) is 1.22. The summed E-state index contributed by atoms with van der Waals surface area (Å²) < 4.78 is 0. The molecule has 8 heavy (non-hydrogen) atoms. The summed E-state index contributed by atoms with van der Waals surface area (Å²) in [5.74, 6) is 0.931. The van der Waals surface area contributed by atoms with Crippen LogP contribution in [-0.4, -0.2) is 19.9 Å². The summed E-state index contributed by atoms with van der Waals surface area (Å²) in [6.45, 7) is 2.04. The molecular formula is C5H11N2Y-. The normalized spacial score (nSPS) is 10.1. The molecule has 0 fully saturated rings. The van der Waals surface area contributed by atoms with Gasteiger partial charge in [-0.15, -0.1) is 0 Å². The van der Waals surface area contributed by atoms with Crippen molar-refractivity contribution in [2.24, 2.45) is 4.99 Å². The van der Waals surface area contributed by atoms with Crippen LogP contribution in [0.1, 0.15) is 13.3 Å². The monoisotopic (exact) mass is 188 g/mol. The van der Waals surface area contributed by atoms with Gasteiger partial charge in [-0.05, 0) is 6.42 Å². The van der Waals surface area contributed by atoms with Gasteiger partial charge in [0.25, 0.3) is 0 Å². The summed E-state index contributed by atoms with van der Waals surface area (Å²) in [6.07, 6.45) is 0.938. The van der Waals surface area contributed by atoms with Crippen LogP contribution in [0.25, 0.3) is 5.32 Å². The Hall–Kier alpha value is 0.574. The third-order valence-electron chi connectivity index (χ3n) is 0.832. The van der Waals surface area contributed by atoms with E-state index in [0.717, 1.165) is 12.3 Å². The van der Waals surface area contributed by atoms with Crippen molar-refractivity contribution in [1.82, 2.24) is 0 Å². The third kappa shape index (κ3) is 4.73. The number of nitrogens with zero attached hydrogens (tertiary/aromatic N) is 2. The second-order valence-corrected chi connectivity index (χ2v) is 1.22. The van der Waals surface area contributed by atoms with Gasteiger partial charge >= 0.3 is 0 Å². The molecule has 2 nitrogen and oxygen atoms in total. The minimum atomic E-state index is 0. The predicted molar refractivity (Wildman–Crippen MR) is 32.9 cm³/mol. The minimum Gasteiger partial charge on any atom is -0.473 e. The van der Waals surface area contributed by atoms with Crippen LogP contribution in [0.3, 0.4) is 0 Å². The molecule has 0 saturated heterocycles. The van der Waals surface area contributed by atoms with Crippen LogP contribution < -0.4 is 0 Å². The van der Waals surface area contributed by atoms with E-state index in [-0.39, 0.29) is 32.7 Å². The van der Waals surface area contributed by atoms with Crippen molar-refractivity contribution >= 4 is 5.84 Å². The molecule has 0 amide bonds. The van der Waals surface area contributed by atoms with Crippen molar-refractivity contribution in [2.75, 3.05) is 14.1 Å². The molecule has 0 heterocycles. The molecule has 0 aliphatic carbocycles. The molecule has 0 aromatic rings. The second kappa shape index (κ2) is 7.57. The third-order valence-corrected chi connectivity index (χ3v) is 0.832. The Morgan fingerprint density at radius 1 is 1.62 bits per heavy atom. The van der Waals surface area contributed by atoms with Gasteiger partial charge in [0.1, 0.15) is 0 Å². The molecule has 0 bridgehead atoms. The van der Waals surface area contributed by atoms with Crippen molar-refractivity contribution in [3.63, 3.8) is 0 Å². The van der Waals surface area contributed by atoms with E-state index in [1.807, 2.05) is 6.92 Å². The van der Waals surface area contributed by atoms with Gasteiger partial charge in [0.05, 0.1) is 0 Å². The van der Waals surface area contributed by atoms with E-state index in [1.165, 1.54) is 0 Å². The number of amidine groups is 1. The standard InChI is InChI=1S/C5H11N2.Y/c1-4-5(6-2)7-3;/h4H2,1-3H3;/q-1;. The Bertz CT molecular complexity index is 64.8. The fraction of sp³-hybridized carbons (Fsp3) is 0.800. The first-order valence-corrected chi connectivity index (χ1v) is 2.40. The average Bonchev–Trinajstić information content (AvgIpc) is 1.72. The van der Waals surface area contributed by atoms with E-state index in [4.69, 9.17) is 0 Å². The quantitative estimate of drug-likeness (QED) is 0.439. The SMILES string of the molecule is CCC(=NC)[N-]C.[Y]. The molecule has 0 saturated carbocycles. The molecule has 0 unspecified atom stereocenters. The summed E-state index contributed by atoms with van der Waals surface area (Å²) in [5.41, 5.74) is 0. The van der Waals surface area contributed by atoms with Crippen LogP contribution in [0.5, 0.6) is 0 Å². The predicted octanol–water partition coefficient (Wildman–Crippen LogP) is 1.43. The molecular weight excluding hydrogens is 177 g/mol. The Kier molecular flexibility index (Phi) is 10.8. The Balaban J connectivity index is 0. The topological polar surface area (TPSA) is 26.5 Å². The van der Waals surface area contributed by atoms with Gasteiger partial charge in [0, 0.05) is 32.7 Å². The van der Waals surface area contributed by atoms with Crippen LogP contribution >= 0.6 is 0 Å². The van der Waals surface area contributed by atoms with Crippen molar-refractivity contribution < 1.29 is 32.7 Å². The maximum Gasteiger partial charge on any atom is 0 e. The van der Waals surface area contributed by atoms with Gasteiger partial charge in [-0.1, -0.05) is 26.9 Å². The molecule has 0 rings (SSSR count). The van der Waals surface area contributed by atoms with Gasteiger partial charge in [-0.3, -0.25) is 0 Å². The molecule has 0 spiro atoms. The summed E-state index contributed by atoms with van der Waals surface area (Å²) in [6, 6.07) is 0. The summed E-state index contributed by atoms with van der Waals surface area (Å²) in [4.78, 5) is 3.88. The van der Waals surface area contributed by atoms with Crippen LogP contribution in [-0.2, 0) is 32.7 Å². The minimum absolute atomic E-state index is 0. The van der Waals surface area contributed by atoms with Crippen molar-refractivity contribution in [1.29, 1.82) is 0 Å². The molecule has 0 aromatic heterocycles. The zero-order valence-electron chi connectivity index (χ0n) is 5.68. The van der Waals surface area contributed by atoms with Crippen LogP contribution in [0.15, 0.2) is 4.99 Å². The Morgan fingerprint density at radius 3 is 2.12 bits per heavy atom. The smallest absolute Gasteiger partial charge is 0 e. The van der Waals surface area contributed by atoms with Gasteiger partial charge < -0.3 is 10.3 Å². The van der Waals surface area contributed by atoms with E-state index in [0.29, 0.717) is 0 Å². The molecule has 0 aliphatic heterocycles. The first kappa shape index (κ1) is 11.4. The molecule has 3 heteroatoms. The maximum absolute atomic E-state index is 3.88. The van der Waals surface area contributed by atoms with Gasteiger partial charge in [0.2, 0.25) is 0 Å². The van der Waals surface area contributed by atoms with Crippen molar-refractivity contribution in [3.05, 3.63) is 5.32 Å². The number of aliphatic imine (C=N–C) groups is 1. The van der Waals surface area contributed by atoms with Crippen molar-refractivity contribution in [2.45, 2.75) is 13.3 Å². The molecule has 0 aromatic carbocycles. The van der Waals surface area contributed by atoms with Crippen LogP contribution in [0.4, 0.5) is 0 Å².